The molecular weight excluding hydrogens is 296 g/mol. The van der Waals surface area contributed by atoms with Crippen molar-refractivity contribution in [3.63, 3.8) is 0 Å². The molecule has 2 rings (SSSR count). The number of thiazole rings is 1. The number of aromatic nitrogens is 1. The maximum atomic E-state index is 11.4. The van der Waals surface area contributed by atoms with Gasteiger partial charge in [0.2, 0.25) is 10.0 Å². The van der Waals surface area contributed by atoms with Crippen LogP contribution in [0.15, 0.2) is 28.5 Å². The smallest absolute Gasteiger partial charge is 0.240 e. The van der Waals surface area contributed by atoms with E-state index >= 15 is 0 Å². The Morgan fingerprint density at radius 1 is 1.40 bits per heavy atom. The molecule has 20 heavy (non-hydrogen) atoms. The van der Waals surface area contributed by atoms with Gasteiger partial charge in [0.05, 0.1) is 17.4 Å². The molecule has 0 bridgehead atoms. The first-order chi connectivity index (χ1) is 9.29. The van der Waals surface area contributed by atoms with Gasteiger partial charge >= 0.3 is 0 Å². The second kappa shape index (κ2) is 5.39. The maximum absolute atomic E-state index is 11.4. The molecule has 0 spiro atoms. The minimum Gasteiger partial charge on any atom is -0.396 e. The molecule has 0 amide bonds. The Kier molecular flexibility index (Phi) is 3.98. The normalized spacial score (nSPS) is 13.2. The highest BCUT2D eigenvalue weighted by atomic mass is 32.2. The highest BCUT2D eigenvalue weighted by molar-refractivity contribution is 7.89. The summed E-state index contributed by atoms with van der Waals surface area (Å²) in [6.07, 6.45) is 0. The van der Waals surface area contributed by atoms with Gasteiger partial charge in [-0.3, -0.25) is 0 Å². The Morgan fingerprint density at radius 2 is 2.10 bits per heavy atom. The number of hydrogen-bond donors (Lipinski definition) is 3. The predicted molar refractivity (Wildman–Crippen MR) is 81.1 cm³/mol. The molecule has 108 valence electrons. The van der Waals surface area contributed by atoms with Crippen LogP contribution in [0.4, 0.5) is 11.4 Å². The van der Waals surface area contributed by atoms with E-state index in [0.717, 1.165) is 10.7 Å². The molecule has 1 heterocycles. The summed E-state index contributed by atoms with van der Waals surface area (Å²) >= 11 is 1.54. The molecule has 1 atom stereocenters. The predicted octanol–water partition coefficient (Wildman–Crippen LogP) is 1.85. The molecule has 1 aromatic heterocycles. The lowest BCUT2D eigenvalue weighted by atomic mass is 10.2. The lowest BCUT2D eigenvalue weighted by molar-refractivity contribution is 0.598. The molecule has 0 saturated carbocycles. The summed E-state index contributed by atoms with van der Waals surface area (Å²) in [4.78, 5) is 4.30. The molecule has 6 nitrogen and oxygen atoms in total. The van der Waals surface area contributed by atoms with E-state index in [1.54, 1.807) is 12.1 Å². The number of rotatable bonds is 4. The first-order valence-electron chi connectivity index (χ1n) is 5.89. The summed E-state index contributed by atoms with van der Waals surface area (Å²) in [5.41, 5.74) is 7.46. The number of para-hydroxylation sites is 1. The number of anilines is 2. The molecule has 0 aliphatic heterocycles. The standard InChI is InChI=1S/C12H16N4O2S2/c1-7-6-19-12(15-7)8(2)16-9-4-3-5-10(11(9)13)20(14,17)18/h3-6,8,16H,13H2,1-2H3,(H2,14,17,18). The average Bonchev–Trinajstić information content (AvgIpc) is 2.77. The van der Waals surface area contributed by atoms with Crippen LogP contribution in [0, 0.1) is 6.92 Å². The number of hydrogen-bond acceptors (Lipinski definition) is 6. The van der Waals surface area contributed by atoms with Crippen LogP contribution in [0.3, 0.4) is 0 Å². The van der Waals surface area contributed by atoms with Crippen molar-refractivity contribution in [1.29, 1.82) is 0 Å². The first kappa shape index (κ1) is 14.8. The number of nitrogens with two attached hydrogens (primary N) is 2. The fraction of sp³-hybridized carbons (Fsp3) is 0.250. The van der Waals surface area contributed by atoms with Crippen molar-refractivity contribution in [3.8, 4) is 0 Å². The van der Waals surface area contributed by atoms with Crippen LogP contribution in [0.1, 0.15) is 23.7 Å². The summed E-state index contributed by atoms with van der Waals surface area (Å²) < 4.78 is 22.8. The highest BCUT2D eigenvalue weighted by Crippen LogP contribution is 2.29. The van der Waals surface area contributed by atoms with Crippen LogP contribution < -0.4 is 16.2 Å². The summed E-state index contributed by atoms with van der Waals surface area (Å²) in [6, 6.07) is 4.61. The monoisotopic (exact) mass is 312 g/mol. The molecule has 0 aliphatic rings. The van der Waals surface area contributed by atoms with Crippen molar-refractivity contribution < 1.29 is 8.42 Å². The van der Waals surface area contributed by atoms with Crippen LogP contribution in [0.2, 0.25) is 0 Å². The fourth-order valence-corrected chi connectivity index (χ4v) is 3.27. The van der Waals surface area contributed by atoms with Gasteiger partial charge in [-0.1, -0.05) is 6.07 Å². The number of sulfonamides is 1. The van der Waals surface area contributed by atoms with Crippen LogP contribution >= 0.6 is 11.3 Å². The lowest BCUT2D eigenvalue weighted by Crippen LogP contribution is -2.16. The third-order valence-electron chi connectivity index (χ3n) is 2.75. The van der Waals surface area contributed by atoms with Crippen molar-refractivity contribution in [2.75, 3.05) is 11.1 Å². The van der Waals surface area contributed by atoms with E-state index in [0.29, 0.717) is 5.69 Å². The molecule has 2 aromatic rings. The molecule has 0 fully saturated rings. The maximum Gasteiger partial charge on any atom is 0.240 e. The Morgan fingerprint density at radius 3 is 2.65 bits per heavy atom. The Bertz CT molecular complexity index is 725. The van der Waals surface area contributed by atoms with Gasteiger partial charge in [-0.25, -0.2) is 18.5 Å². The zero-order chi connectivity index (χ0) is 14.9. The molecular formula is C12H16N4O2S2. The third-order valence-corrected chi connectivity index (χ3v) is 4.87. The van der Waals surface area contributed by atoms with Gasteiger partial charge in [0.25, 0.3) is 0 Å². The van der Waals surface area contributed by atoms with Crippen LogP contribution in [-0.2, 0) is 10.0 Å². The van der Waals surface area contributed by atoms with Crippen LogP contribution in [0.5, 0.6) is 0 Å². The van der Waals surface area contributed by atoms with Crippen molar-refractivity contribution in [2.24, 2.45) is 5.14 Å². The van der Waals surface area contributed by atoms with Gasteiger partial charge in [0.1, 0.15) is 9.90 Å². The molecule has 1 aromatic carbocycles. The lowest BCUT2D eigenvalue weighted by Gasteiger charge is -2.16. The summed E-state index contributed by atoms with van der Waals surface area (Å²) in [7, 11) is -3.83. The number of nitrogens with one attached hydrogen (secondary N) is 1. The summed E-state index contributed by atoms with van der Waals surface area (Å²) in [6.45, 7) is 3.85. The van der Waals surface area contributed by atoms with E-state index < -0.39 is 10.0 Å². The van der Waals surface area contributed by atoms with Gasteiger partial charge < -0.3 is 11.1 Å². The second-order valence-corrected chi connectivity index (χ2v) is 6.88. The topological polar surface area (TPSA) is 111 Å². The third kappa shape index (κ3) is 3.09. The molecule has 5 N–H and O–H groups in total. The molecule has 0 radical (unpaired) electrons. The van der Waals surface area contributed by atoms with Crippen molar-refractivity contribution >= 4 is 32.7 Å². The Labute approximate surface area is 121 Å². The van der Waals surface area contributed by atoms with Gasteiger partial charge in [-0.15, -0.1) is 11.3 Å². The average molecular weight is 312 g/mol. The number of nitrogen functional groups attached to an aromatic ring is 1. The summed E-state index contributed by atoms with van der Waals surface area (Å²) in [5.74, 6) is 0. The van der Waals surface area contributed by atoms with Crippen molar-refractivity contribution in [3.05, 3.63) is 34.3 Å². The quantitative estimate of drug-likeness (QED) is 0.746. The SMILES string of the molecule is Cc1csc(C(C)Nc2cccc(S(N)(=O)=O)c2N)n1. The van der Waals surface area contributed by atoms with E-state index in [9.17, 15) is 8.42 Å². The van der Waals surface area contributed by atoms with Gasteiger partial charge in [0.15, 0.2) is 0 Å². The molecule has 8 heteroatoms. The fourth-order valence-electron chi connectivity index (χ4n) is 1.78. The first-order valence-corrected chi connectivity index (χ1v) is 8.31. The minimum atomic E-state index is -3.83. The Balaban J connectivity index is 2.31. The van der Waals surface area contributed by atoms with E-state index in [-0.39, 0.29) is 16.6 Å². The van der Waals surface area contributed by atoms with Gasteiger partial charge in [0, 0.05) is 11.1 Å². The van der Waals surface area contributed by atoms with E-state index in [1.165, 1.54) is 17.4 Å². The van der Waals surface area contributed by atoms with Crippen LogP contribution in [0.25, 0.3) is 0 Å². The molecule has 1 unspecified atom stereocenters. The number of aryl methyl sites for hydroxylation is 1. The highest BCUT2D eigenvalue weighted by Gasteiger charge is 2.17. The largest absolute Gasteiger partial charge is 0.396 e. The number of benzene rings is 1. The van der Waals surface area contributed by atoms with E-state index in [4.69, 9.17) is 10.9 Å². The van der Waals surface area contributed by atoms with Crippen molar-refractivity contribution in [1.82, 2.24) is 4.98 Å². The number of nitrogens with zero attached hydrogens (tertiary/aromatic N) is 1. The van der Waals surface area contributed by atoms with E-state index in [2.05, 4.69) is 10.3 Å². The van der Waals surface area contributed by atoms with Gasteiger partial charge in [-0.05, 0) is 26.0 Å². The van der Waals surface area contributed by atoms with Gasteiger partial charge in [-0.2, -0.15) is 0 Å². The minimum absolute atomic E-state index is 0.0771. The molecule has 0 saturated heterocycles. The van der Waals surface area contributed by atoms with Crippen molar-refractivity contribution in [2.45, 2.75) is 24.8 Å². The number of primary sulfonamides is 1. The van der Waals surface area contributed by atoms with Crippen LogP contribution in [-0.4, -0.2) is 13.4 Å². The summed E-state index contributed by atoms with van der Waals surface area (Å²) in [5, 5.41) is 11.1. The molecule has 0 aliphatic carbocycles. The zero-order valence-electron chi connectivity index (χ0n) is 11.1. The second-order valence-electron chi connectivity index (χ2n) is 4.46. The zero-order valence-corrected chi connectivity index (χ0v) is 12.8. The van der Waals surface area contributed by atoms with E-state index in [1.807, 2.05) is 19.2 Å². The Hall–Kier alpha value is -1.64.